The number of hydrogen-bond acceptors (Lipinski definition) is 4. The van der Waals surface area contributed by atoms with E-state index in [1.807, 2.05) is 12.1 Å². The van der Waals surface area contributed by atoms with E-state index in [0.717, 1.165) is 0 Å². The maximum Gasteiger partial charge on any atom is 0.178 e. The van der Waals surface area contributed by atoms with Crippen LogP contribution in [-0.4, -0.2) is 25.7 Å². The molecule has 0 aliphatic heterocycles. The van der Waals surface area contributed by atoms with Crippen molar-refractivity contribution >= 4 is 95.0 Å². The molecule has 0 aromatic heterocycles. The normalized spacial score (nSPS) is 10.9. The minimum absolute atomic E-state index is 0. The van der Waals surface area contributed by atoms with Gasteiger partial charge in [0.25, 0.3) is 0 Å². The summed E-state index contributed by atoms with van der Waals surface area (Å²) in [6.45, 7) is 0. The van der Waals surface area contributed by atoms with Crippen LogP contribution in [0.3, 0.4) is 0 Å². The van der Waals surface area contributed by atoms with Crippen LogP contribution in [0.2, 0.25) is 0 Å². The summed E-state index contributed by atoms with van der Waals surface area (Å²) in [6.07, 6.45) is 6.07. The van der Waals surface area contributed by atoms with Gasteiger partial charge in [-0.1, -0.05) is 262 Å². The Bertz CT molecular complexity index is 3590. The largest absolute Gasteiger partial charge is 0.364 e. The zero-order valence-electron chi connectivity index (χ0n) is 50.7. The average Bonchev–Trinajstić information content (AvgIpc) is 1.97. The predicted molar refractivity (Wildman–Crippen MR) is 397 cm³/mol. The Morgan fingerprint density at radius 1 is 0.239 bits per heavy atom. The second-order valence-electron chi connectivity index (χ2n) is 20.7. The van der Waals surface area contributed by atoms with Gasteiger partial charge in [-0.25, -0.2) is 36.4 Å². The second-order valence-corrected chi connectivity index (χ2v) is 30.6. The summed E-state index contributed by atoms with van der Waals surface area (Å²) in [5.74, 6) is 0. The van der Waals surface area contributed by atoms with E-state index < -0.39 is 43.9 Å². The Kier molecular flexibility index (Phi) is 31.8. The molecule has 2 radical (unpaired) electrons. The minimum atomic E-state index is -1.34. The van der Waals surface area contributed by atoms with Crippen molar-refractivity contribution in [3.05, 3.63) is 412 Å². The molecule has 1 aliphatic rings. The molecule has 13 aromatic carbocycles. The number of hydrogen-bond donors (Lipinski definition) is 4. The fourth-order valence-electron chi connectivity index (χ4n) is 10.3. The molecule has 0 heterocycles. The first kappa shape index (κ1) is 72.1. The van der Waals surface area contributed by atoms with E-state index in [4.69, 9.17) is 20.4 Å². The Balaban J connectivity index is 0.000000159. The first-order valence-electron chi connectivity index (χ1n) is 30.0. The second kappa shape index (κ2) is 40.6. The molecule has 470 valence electrons. The van der Waals surface area contributed by atoms with Crippen molar-refractivity contribution < 1.29 is 65.2 Å². The molecular weight excluding hydrogens is 1390 g/mol. The van der Waals surface area contributed by atoms with Crippen molar-refractivity contribution in [3.63, 3.8) is 0 Å². The van der Waals surface area contributed by atoms with Gasteiger partial charge in [0.2, 0.25) is 0 Å². The van der Waals surface area contributed by atoms with Crippen LogP contribution in [0, 0.1) is 0 Å². The summed E-state index contributed by atoms with van der Waals surface area (Å²) >= 11 is 0. The molecular formula is C82H76Ag2O4P4. The molecule has 1 aliphatic carbocycles. The molecule has 4 nitrogen and oxygen atoms in total. The van der Waals surface area contributed by atoms with E-state index >= 15 is 0 Å². The van der Waals surface area contributed by atoms with E-state index in [9.17, 15) is 0 Å². The molecule has 0 fully saturated rings. The van der Waals surface area contributed by atoms with Crippen LogP contribution in [-0.2, 0) is 44.8 Å². The molecule has 0 unspecified atom stereocenters. The van der Waals surface area contributed by atoms with Crippen molar-refractivity contribution in [3.8, 4) is 0 Å². The third-order valence-corrected chi connectivity index (χ3v) is 25.4. The third kappa shape index (κ3) is 22.4. The van der Waals surface area contributed by atoms with Gasteiger partial charge in [0.15, 0.2) is 12.6 Å². The van der Waals surface area contributed by atoms with Gasteiger partial charge in [0.05, 0.1) is 31.8 Å². The van der Waals surface area contributed by atoms with Crippen molar-refractivity contribution in [1.29, 1.82) is 0 Å². The Morgan fingerprint density at radius 3 is 0.609 bits per heavy atom. The molecule has 92 heavy (non-hydrogen) atoms. The number of allylic oxidation sites excluding steroid dienone is 4. The quantitative estimate of drug-likeness (QED) is 0.0401. The maximum atomic E-state index is 8.58. The SMILES string of the molecule is C1=CC(=[PH](c2ccccc2)c2ccccc2)C=C1.OC(O)c1ccccc1.OC(O)c1ccccc1.[Ag].[Ag].c1ccc([PH+](c2ccccc2)[c-]2cccc2)cc1.c1ccc([PH+](c2ccccc2)[c-]2cccc2)cc1.c1ccc([PH+](c2ccccc2)[c-]2cccc2)cc1. The predicted octanol–water partition coefficient (Wildman–Crippen LogP) is 13.2. The molecule has 4 N–H and O–H groups in total. The third-order valence-electron chi connectivity index (χ3n) is 14.5. The van der Waals surface area contributed by atoms with Crippen molar-refractivity contribution in [2.24, 2.45) is 0 Å². The molecule has 13 aromatic rings. The first-order valence-corrected chi connectivity index (χ1v) is 36.0. The Morgan fingerprint density at radius 2 is 0.424 bits per heavy atom. The molecule has 14 rings (SSSR count). The van der Waals surface area contributed by atoms with Gasteiger partial charge in [-0.05, 0) is 105 Å². The minimum Gasteiger partial charge on any atom is -0.364 e. The van der Waals surface area contributed by atoms with Crippen molar-refractivity contribution in [1.82, 2.24) is 0 Å². The van der Waals surface area contributed by atoms with E-state index in [0.29, 0.717) is 11.1 Å². The van der Waals surface area contributed by atoms with Gasteiger partial charge in [0.1, 0.15) is 0 Å². The van der Waals surface area contributed by atoms with Crippen LogP contribution in [0.25, 0.3) is 0 Å². The van der Waals surface area contributed by atoms with Crippen molar-refractivity contribution in [2.75, 3.05) is 0 Å². The standard InChI is InChI=1S/4C17H15P.2C7H8O2.2Ag/c4*1-3-9-15(10-4-1)18(17-13-7-8-14-17)16-11-5-2-6-12-16;2*8-7(9)6-4-2-1-3-5-6;;/h4*1-14,18H;2*1-5,7-9H;;. The van der Waals surface area contributed by atoms with E-state index in [1.54, 1.807) is 48.5 Å². The van der Waals surface area contributed by atoms with Gasteiger partial charge in [-0.15, -0.1) is 36.4 Å². The zero-order valence-corrected chi connectivity index (χ0v) is 57.6. The Labute approximate surface area is 579 Å². The molecule has 0 atom stereocenters. The number of aliphatic hydroxyl groups excluding tert-OH is 2. The molecule has 0 saturated carbocycles. The van der Waals surface area contributed by atoms with Gasteiger partial charge in [0, 0.05) is 79.7 Å². The van der Waals surface area contributed by atoms with Crippen LogP contribution in [0.4, 0.5) is 0 Å². The topological polar surface area (TPSA) is 80.9 Å². The summed E-state index contributed by atoms with van der Waals surface area (Å²) < 4.78 is 0. The zero-order chi connectivity index (χ0) is 62.2. The molecule has 0 saturated heterocycles. The average molecular weight is 1470 g/mol. The molecule has 0 spiro atoms. The fraction of sp³-hybridized carbons (Fsp3) is 0.0244. The van der Waals surface area contributed by atoms with Crippen LogP contribution < -0.4 is 58.3 Å². The molecule has 0 bridgehead atoms. The number of aliphatic hydroxyl groups is 4. The molecule has 0 amide bonds. The van der Waals surface area contributed by atoms with Gasteiger partial charge < -0.3 is 20.4 Å². The van der Waals surface area contributed by atoms with Crippen LogP contribution in [0.5, 0.6) is 0 Å². The fourth-order valence-corrected chi connectivity index (χ4v) is 20.6. The summed E-state index contributed by atoms with van der Waals surface area (Å²) in [5.41, 5.74) is 1.05. The van der Waals surface area contributed by atoms with E-state index in [-0.39, 0.29) is 44.8 Å². The van der Waals surface area contributed by atoms with Crippen LogP contribution in [0.1, 0.15) is 23.7 Å². The van der Waals surface area contributed by atoms with Gasteiger partial charge in [-0.3, -0.25) is 0 Å². The maximum absolute atomic E-state index is 8.58. The number of rotatable bonds is 13. The van der Waals surface area contributed by atoms with E-state index in [1.165, 1.54) is 63.6 Å². The summed E-state index contributed by atoms with van der Waals surface area (Å²) in [7, 11) is -3.34. The smallest absolute Gasteiger partial charge is 0.178 e. The van der Waals surface area contributed by atoms with E-state index in [2.05, 4.69) is 340 Å². The summed E-state index contributed by atoms with van der Waals surface area (Å²) in [6, 6.07) is 130. The monoisotopic (exact) mass is 1460 g/mol. The van der Waals surface area contributed by atoms with Crippen LogP contribution >= 0.6 is 31.3 Å². The Hall–Kier alpha value is -7.36. The van der Waals surface area contributed by atoms with Crippen LogP contribution in [0.15, 0.2) is 400 Å². The molecule has 10 heteroatoms. The van der Waals surface area contributed by atoms with Crippen molar-refractivity contribution in [2.45, 2.75) is 12.6 Å². The van der Waals surface area contributed by atoms with Gasteiger partial charge >= 0.3 is 0 Å². The first-order chi connectivity index (χ1) is 44.4. The summed E-state index contributed by atoms with van der Waals surface area (Å²) in [4.78, 5) is 0. The summed E-state index contributed by atoms with van der Waals surface area (Å²) in [5, 5.41) is 51.7. The number of benzene rings is 10. The van der Waals surface area contributed by atoms with Gasteiger partial charge in [-0.2, -0.15) is 0 Å².